The first kappa shape index (κ1) is 14.5. The number of hydrogen-bond acceptors (Lipinski definition) is 2. The number of nitrogens with one attached hydrogen (secondary N) is 1. The maximum atomic E-state index is 11.0. The molecule has 19 heavy (non-hydrogen) atoms. The number of hydrogen-bond donors (Lipinski definition) is 1. The van der Waals surface area contributed by atoms with Gasteiger partial charge in [0.25, 0.3) is 0 Å². The lowest BCUT2D eigenvalue weighted by molar-refractivity contribution is -0.121. The lowest BCUT2D eigenvalue weighted by Crippen LogP contribution is -2.26. The molecule has 3 nitrogen and oxygen atoms in total. The number of carbonyl (C=O) groups excluding carboxylic acids is 1. The summed E-state index contributed by atoms with van der Waals surface area (Å²) < 4.78 is 0. The van der Waals surface area contributed by atoms with Crippen LogP contribution in [-0.4, -0.2) is 11.6 Å². The molecule has 0 aromatic rings. The molecule has 1 aliphatic carbocycles. The van der Waals surface area contributed by atoms with E-state index in [0.717, 1.165) is 24.7 Å². The Bertz CT molecular complexity index is 317. The van der Waals surface area contributed by atoms with E-state index in [9.17, 15) is 4.79 Å². The quantitative estimate of drug-likeness (QED) is 0.773. The topological polar surface area (TPSA) is 41.5 Å². The van der Waals surface area contributed by atoms with Crippen molar-refractivity contribution in [2.75, 3.05) is 0 Å². The smallest absolute Gasteiger partial charge is 0.240 e. The van der Waals surface area contributed by atoms with Crippen LogP contribution in [-0.2, 0) is 4.79 Å². The molecule has 1 saturated carbocycles. The Morgan fingerprint density at radius 3 is 2.37 bits per heavy atom. The average molecular weight is 264 g/mol. The summed E-state index contributed by atoms with van der Waals surface area (Å²) in [4.78, 5) is 11.0. The molecule has 1 N–H and O–H groups in total. The Balaban J connectivity index is 1.62. The van der Waals surface area contributed by atoms with Crippen LogP contribution >= 0.6 is 0 Å². The molecule has 0 aromatic heterocycles. The summed E-state index contributed by atoms with van der Waals surface area (Å²) in [6.07, 6.45) is 13.8. The van der Waals surface area contributed by atoms with Crippen molar-refractivity contribution in [1.82, 2.24) is 5.43 Å². The average Bonchev–Trinajstić information content (AvgIpc) is 2.46. The SMILES string of the molecule is CCCCC1CCC(CCC2=NNC(=O)CC2)CC1. The van der Waals surface area contributed by atoms with E-state index in [1.165, 1.54) is 57.1 Å². The van der Waals surface area contributed by atoms with Crippen LogP contribution in [0.3, 0.4) is 0 Å². The highest BCUT2D eigenvalue weighted by molar-refractivity contribution is 5.92. The first-order chi connectivity index (χ1) is 9.28. The molecule has 1 amide bonds. The number of carbonyl (C=O) groups is 1. The minimum Gasteiger partial charge on any atom is -0.273 e. The summed E-state index contributed by atoms with van der Waals surface area (Å²) in [5.74, 6) is 1.97. The summed E-state index contributed by atoms with van der Waals surface area (Å²) in [5, 5.41) is 4.17. The predicted octanol–water partition coefficient (Wildman–Crippen LogP) is 4.03. The monoisotopic (exact) mass is 264 g/mol. The second-order valence-corrected chi connectivity index (χ2v) is 6.28. The van der Waals surface area contributed by atoms with Crippen LogP contribution < -0.4 is 5.43 Å². The van der Waals surface area contributed by atoms with Gasteiger partial charge in [-0.2, -0.15) is 5.10 Å². The van der Waals surface area contributed by atoms with Gasteiger partial charge >= 0.3 is 0 Å². The van der Waals surface area contributed by atoms with Gasteiger partial charge in [-0.25, -0.2) is 5.43 Å². The van der Waals surface area contributed by atoms with Crippen LogP contribution in [0.4, 0.5) is 0 Å². The van der Waals surface area contributed by atoms with Crippen molar-refractivity contribution in [3.63, 3.8) is 0 Å². The van der Waals surface area contributed by atoms with E-state index in [-0.39, 0.29) is 5.91 Å². The zero-order valence-corrected chi connectivity index (χ0v) is 12.3. The van der Waals surface area contributed by atoms with Crippen molar-refractivity contribution in [1.29, 1.82) is 0 Å². The van der Waals surface area contributed by atoms with E-state index in [0.29, 0.717) is 6.42 Å². The van der Waals surface area contributed by atoms with Gasteiger partial charge in [0.15, 0.2) is 0 Å². The molecule has 0 aromatic carbocycles. The maximum absolute atomic E-state index is 11.0. The Labute approximate surface area is 117 Å². The summed E-state index contributed by atoms with van der Waals surface area (Å²) in [6.45, 7) is 2.29. The van der Waals surface area contributed by atoms with Gasteiger partial charge in [0.05, 0.1) is 0 Å². The lowest BCUT2D eigenvalue weighted by Gasteiger charge is -2.28. The third kappa shape index (κ3) is 4.96. The molecule has 0 saturated heterocycles. The van der Waals surface area contributed by atoms with Gasteiger partial charge < -0.3 is 0 Å². The Hall–Kier alpha value is -0.860. The summed E-state index contributed by atoms with van der Waals surface area (Å²) in [5.41, 5.74) is 3.80. The largest absolute Gasteiger partial charge is 0.273 e. The fraction of sp³-hybridized carbons (Fsp3) is 0.875. The molecule has 108 valence electrons. The fourth-order valence-corrected chi connectivity index (χ4v) is 3.36. The van der Waals surface area contributed by atoms with Gasteiger partial charge in [0.2, 0.25) is 5.91 Å². The van der Waals surface area contributed by atoms with E-state index >= 15 is 0 Å². The molecule has 2 rings (SSSR count). The number of hydrazone groups is 1. The summed E-state index contributed by atoms with van der Waals surface area (Å²) >= 11 is 0. The standard InChI is InChI=1S/C16H28N2O/c1-2-3-4-13-5-7-14(8-6-13)9-10-15-11-12-16(19)18-17-15/h13-14H,2-12H2,1H3,(H,18,19). The van der Waals surface area contributed by atoms with Gasteiger partial charge in [-0.1, -0.05) is 51.9 Å². The van der Waals surface area contributed by atoms with E-state index < -0.39 is 0 Å². The molecule has 1 aliphatic heterocycles. The maximum Gasteiger partial charge on any atom is 0.240 e. The molecule has 2 aliphatic rings. The number of amides is 1. The predicted molar refractivity (Wildman–Crippen MR) is 79.0 cm³/mol. The number of unbranched alkanes of at least 4 members (excludes halogenated alkanes) is 1. The first-order valence-electron chi connectivity index (χ1n) is 8.12. The van der Waals surface area contributed by atoms with Gasteiger partial charge in [-0.3, -0.25) is 4.79 Å². The fourth-order valence-electron chi connectivity index (χ4n) is 3.36. The van der Waals surface area contributed by atoms with Crippen LogP contribution in [0, 0.1) is 11.8 Å². The normalized spacial score (nSPS) is 27.8. The zero-order chi connectivity index (χ0) is 13.5. The van der Waals surface area contributed by atoms with Crippen molar-refractivity contribution < 1.29 is 4.79 Å². The molecule has 1 heterocycles. The van der Waals surface area contributed by atoms with E-state index in [2.05, 4.69) is 17.5 Å². The van der Waals surface area contributed by atoms with E-state index in [4.69, 9.17) is 0 Å². The van der Waals surface area contributed by atoms with E-state index in [1.54, 1.807) is 0 Å². The van der Waals surface area contributed by atoms with Gasteiger partial charge in [0.1, 0.15) is 0 Å². The van der Waals surface area contributed by atoms with E-state index in [1.807, 2.05) is 0 Å². The third-order valence-electron chi connectivity index (χ3n) is 4.75. The molecule has 0 atom stereocenters. The highest BCUT2D eigenvalue weighted by Gasteiger charge is 2.21. The molecular weight excluding hydrogens is 236 g/mol. The second kappa shape index (κ2) is 7.66. The lowest BCUT2D eigenvalue weighted by atomic mass is 9.78. The Kier molecular flexibility index (Phi) is 5.87. The molecule has 0 bridgehead atoms. The van der Waals surface area contributed by atoms with Gasteiger partial charge in [-0.15, -0.1) is 0 Å². The summed E-state index contributed by atoms with van der Waals surface area (Å²) in [7, 11) is 0. The minimum absolute atomic E-state index is 0.0696. The first-order valence-corrected chi connectivity index (χ1v) is 8.12. The van der Waals surface area contributed by atoms with Crippen LogP contribution in [0.25, 0.3) is 0 Å². The summed E-state index contributed by atoms with van der Waals surface area (Å²) in [6, 6.07) is 0. The van der Waals surface area contributed by atoms with Crippen molar-refractivity contribution in [3.05, 3.63) is 0 Å². The Morgan fingerprint density at radius 2 is 1.79 bits per heavy atom. The second-order valence-electron chi connectivity index (χ2n) is 6.28. The molecule has 0 radical (unpaired) electrons. The zero-order valence-electron chi connectivity index (χ0n) is 12.3. The number of rotatable bonds is 6. The third-order valence-corrected chi connectivity index (χ3v) is 4.75. The molecule has 1 fully saturated rings. The van der Waals surface area contributed by atoms with Crippen molar-refractivity contribution in [3.8, 4) is 0 Å². The molecule has 0 spiro atoms. The van der Waals surface area contributed by atoms with Crippen LogP contribution in [0.5, 0.6) is 0 Å². The van der Waals surface area contributed by atoms with Gasteiger partial charge in [-0.05, 0) is 31.1 Å². The highest BCUT2D eigenvalue weighted by Crippen LogP contribution is 2.34. The molecule has 0 unspecified atom stereocenters. The van der Waals surface area contributed by atoms with Crippen molar-refractivity contribution >= 4 is 11.6 Å². The molecule has 3 heteroatoms. The molecular formula is C16H28N2O. The van der Waals surface area contributed by atoms with Crippen LogP contribution in [0.1, 0.15) is 77.6 Å². The van der Waals surface area contributed by atoms with Crippen LogP contribution in [0.2, 0.25) is 0 Å². The van der Waals surface area contributed by atoms with Crippen LogP contribution in [0.15, 0.2) is 5.10 Å². The highest BCUT2D eigenvalue weighted by atomic mass is 16.2. The van der Waals surface area contributed by atoms with Crippen molar-refractivity contribution in [2.24, 2.45) is 16.9 Å². The minimum atomic E-state index is 0.0696. The van der Waals surface area contributed by atoms with Crippen molar-refractivity contribution in [2.45, 2.75) is 77.6 Å². The Morgan fingerprint density at radius 1 is 1.11 bits per heavy atom. The number of nitrogens with zero attached hydrogens (tertiary/aromatic N) is 1. The van der Waals surface area contributed by atoms with Gasteiger partial charge in [0, 0.05) is 12.1 Å².